The Kier molecular flexibility index (Phi) is 5.89. The highest BCUT2D eigenvalue weighted by Gasteiger charge is 2.18. The molecule has 1 unspecified atom stereocenters. The number of carboxylic acids is 1. The molecule has 0 aliphatic heterocycles. The number of amides is 1. The number of hydrogen-bond donors (Lipinski definition) is 3. The summed E-state index contributed by atoms with van der Waals surface area (Å²) in [5, 5.41) is 22.1. The van der Waals surface area contributed by atoms with Gasteiger partial charge in [0, 0.05) is 13.6 Å². The molecule has 0 fully saturated rings. The summed E-state index contributed by atoms with van der Waals surface area (Å²) in [4.78, 5) is 22.4. The molecule has 1 aromatic rings. The second-order valence-corrected chi connectivity index (χ2v) is 4.93. The Balaban J connectivity index is 2.60. The van der Waals surface area contributed by atoms with E-state index in [0.717, 1.165) is 0 Å². The van der Waals surface area contributed by atoms with E-state index in [1.165, 1.54) is 13.1 Å². The minimum absolute atomic E-state index is 0.218. The van der Waals surface area contributed by atoms with Crippen molar-refractivity contribution in [2.75, 3.05) is 18.9 Å². The molecule has 20 heavy (non-hydrogen) atoms. The SMILES string of the molecule is CNC(=O)c1ccc(NCC(CC(C)C)C(=O)O)nn1. The average Bonchev–Trinajstić information content (AvgIpc) is 2.42. The maximum Gasteiger partial charge on any atom is 0.308 e. The summed E-state index contributed by atoms with van der Waals surface area (Å²) < 4.78 is 0. The van der Waals surface area contributed by atoms with Crippen LogP contribution in [-0.2, 0) is 4.79 Å². The summed E-state index contributed by atoms with van der Waals surface area (Å²) >= 11 is 0. The summed E-state index contributed by atoms with van der Waals surface area (Å²) in [7, 11) is 1.51. The van der Waals surface area contributed by atoms with Crippen LogP contribution in [0.1, 0.15) is 30.8 Å². The number of aromatic nitrogens is 2. The summed E-state index contributed by atoms with van der Waals surface area (Å²) in [6.45, 7) is 4.24. The molecule has 1 aromatic heterocycles. The number of carboxylic acid groups (broad SMARTS) is 1. The molecule has 0 bridgehead atoms. The van der Waals surface area contributed by atoms with Gasteiger partial charge >= 0.3 is 5.97 Å². The first-order valence-electron chi connectivity index (χ1n) is 6.46. The van der Waals surface area contributed by atoms with Crippen molar-refractivity contribution in [1.82, 2.24) is 15.5 Å². The van der Waals surface area contributed by atoms with Gasteiger partial charge in [-0.2, -0.15) is 0 Å². The van der Waals surface area contributed by atoms with E-state index in [-0.39, 0.29) is 18.1 Å². The van der Waals surface area contributed by atoms with Gasteiger partial charge in [-0.3, -0.25) is 9.59 Å². The average molecular weight is 280 g/mol. The Hall–Kier alpha value is -2.18. The molecule has 0 aromatic carbocycles. The van der Waals surface area contributed by atoms with E-state index in [2.05, 4.69) is 20.8 Å². The molecule has 0 radical (unpaired) electrons. The Morgan fingerprint density at radius 2 is 2.00 bits per heavy atom. The molecular weight excluding hydrogens is 260 g/mol. The lowest BCUT2D eigenvalue weighted by atomic mass is 9.97. The lowest BCUT2D eigenvalue weighted by Gasteiger charge is -2.15. The van der Waals surface area contributed by atoms with Gasteiger partial charge in [-0.05, 0) is 24.5 Å². The largest absolute Gasteiger partial charge is 0.481 e. The fourth-order valence-electron chi connectivity index (χ4n) is 1.74. The van der Waals surface area contributed by atoms with Crippen LogP contribution in [0.5, 0.6) is 0 Å². The van der Waals surface area contributed by atoms with Gasteiger partial charge in [0.2, 0.25) is 0 Å². The Labute approximate surface area is 117 Å². The van der Waals surface area contributed by atoms with Gasteiger partial charge in [-0.25, -0.2) is 0 Å². The van der Waals surface area contributed by atoms with Crippen molar-refractivity contribution in [2.24, 2.45) is 11.8 Å². The number of rotatable bonds is 7. The summed E-state index contributed by atoms with van der Waals surface area (Å²) in [6.07, 6.45) is 0.589. The Bertz CT molecular complexity index is 459. The van der Waals surface area contributed by atoms with Crippen molar-refractivity contribution >= 4 is 17.7 Å². The van der Waals surface area contributed by atoms with Crippen molar-refractivity contribution < 1.29 is 14.7 Å². The molecule has 7 nitrogen and oxygen atoms in total. The monoisotopic (exact) mass is 280 g/mol. The van der Waals surface area contributed by atoms with Crippen LogP contribution < -0.4 is 10.6 Å². The van der Waals surface area contributed by atoms with Crippen LogP contribution in [0.25, 0.3) is 0 Å². The van der Waals surface area contributed by atoms with Gasteiger partial charge in [0.15, 0.2) is 5.69 Å². The smallest absolute Gasteiger partial charge is 0.308 e. The standard InChI is InChI=1S/C13H20N4O3/c1-8(2)6-9(13(19)20)7-15-11-5-4-10(16-17-11)12(18)14-3/h4-5,8-9H,6-7H2,1-3H3,(H,14,18)(H,15,17)(H,19,20). The second kappa shape index (κ2) is 7.42. The fraction of sp³-hybridized carbons (Fsp3) is 0.538. The number of anilines is 1. The number of nitrogens with zero attached hydrogens (tertiary/aromatic N) is 2. The molecule has 0 aliphatic rings. The quantitative estimate of drug-likeness (QED) is 0.688. The molecule has 0 spiro atoms. The third-order valence-electron chi connectivity index (χ3n) is 2.76. The zero-order chi connectivity index (χ0) is 15.1. The van der Waals surface area contributed by atoms with Gasteiger partial charge in [0.25, 0.3) is 5.91 Å². The first kappa shape index (κ1) is 15.9. The van der Waals surface area contributed by atoms with Crippen molar-refractivity contribution in [3.05, 3.63) is 17.8 Å². The first-order valence-corrected chi connectivity index (χ1v) is 6.46. The van der Waals surface area contributed by atoms with Crippen molar-refractivity contribution in [3.8, 4) is 0 Å². The summed E-state index contributed by atoms with van der Waals surface area (Å²) in [6, 6.07) is 3.14. The Morgan fingerprint density at radius 1 is 1.30 bits per heavy atom. The molecule has 0 aliphatic carbocycles. The molecule has 1 atom stereocenters. The van der Waals surface area contributed by atoms with Gasteiger partial charge in [-0.15, -0.1) is 10.2 Å². The number of aliphatic carboxylic acids is 1. The molecule has 1 heterocycles. The molecule has 7 heteroatoms. The maximum absolute atomic E-state index is 11.3. The van der Waals surface area contributed by atoms with Crippen LogP contribution in [0.4, 0.5) is 5.82 Å². The van der Waals surface area contributed by atoms with E-state index in [9.17, 15) is 9.59 Å². The van der Waals surface area contributed by atoms with Gasteiger partial charge in [0.05, 0.1) is 5.92 Å². The van der Waals surface area contributed by atoms with E-state index in [1.807, 2.05) is 13.8 Å². The molecule has 0 saturated heterocycles. The first-order chi connectivity index (χ1) is 9.43. The van der Waals surface area contributed by atoms with Crippen molar-refractivity contribution in [2.45, 2.75) is 20.3 Å². The third-order valence-corrected chi connectivity index (χ3v) is 2.76. The van der Waals surface area contributed by atoms with E-state index in [0.29, 0.717) is 18.2 Å². The topological polar surface area (TPSA) is 104 Å². The second-order valence-electron chi connectivity index (χ2n) is 4.93. The molecular formula is C13H20N4O3. The number of carbonyl (C=O) groups is 2. The zero-order valence-corrected chi connectivity index (χ0v) is 11.9. The normalized spacial score (nSPS) is 12.0. The number of nitrogens with one attached hydrogen (secondary N) is 2. The molecule has 3 N–H and O–H groups in total. The van der Waals surface area contributed by atoms with E-state index in [1.54, 1.807) is 6.07 Å². The van der Waals surface area contributed by atoms with Crippen LogP contribution in [0, 0.1) is 11.8 Å². The number of carbonyl (C=O) groups excluding carboxylic acids is 1. The van der Waals surface area contributed by atoms with Crippen LogP contribution >= 0.6 is 0 Å². The highest BCUT2D eigenvalue weighted by molar-refractivity contribution is 5.91. The van der Waals surface area contributed by atoms with Crippen LogP contribution in [0.3, 0.4) is 0 Å². The highest BCUT2D eigenvalue weighted by atomic mass is 16.4. The van der Waals surface area contributed by atoms with E-state index < -0.39 is 11.9 Å². The van der Waals surface area contributed by atoms with E-state index >= 15 is 0 Å². The van der Waals surface area contributed by atoms with Gasteiger partial charge < -0.3 is 15.7 Å². The number of hydrogen-bond acceptors (Lipinski definition) is 5. The van der Waals surface area contributed by atoms with Crippen LogP contribution in [-0.4, -0.2) is 40.8 Å². The minimum atomic E-state index is -0.832. The fourth-order valence-corrected chi connectivity index (χ4v) is 1.74. The van der Waals surface area contributed by atoms with Gasteiger partial charge in [-0.1, -0.05) is 13.8 Å². The van der Waals surface area contributed by atoms with Gasteiger partial charge in [0.1, 0.15) is 5.82 Å². The molecule has 1 rings (SSSR count). The zero-order valence-electron chi connectivity index (χ0n) is 11.9. The lowest BCUT2D eigenvalue weighted by molar-refractivity contribution is -0.141. The predicted octanol–water partition coefficient (Wildman–Crippen LogP) is 0.995. The van der Waals surface area contributed by atoms with Crippen molar-refractivity contribution in [1.29, 1.82) is 0 Å². The minimum Gasteiger partial charge on any atom is -0.481 e. The molecule has 1 amide bonds. The lowest BCUT2D eigenvalue weighted by Crippen LogP contribution is -2.25. The van der Waals surface area contributed by atoms with E-state index in [4.69, 9.17) is 5.11 Å². The highest BCUT2D eigenvalue weighted by Crippen LogP contribution is 2.13. The van der Waals surface area contributed by atoms with Crippen LogP contribution in [0.2, 0.25) is 0 Å². The molecule has 0 saturated carbocycles. The predicted molar refractivity (Wildman–Crippen MR) is 74.5 cm³/mol. The molecule has 110 valence electrons. The van der Waals surface area contributed by atoms with Crippen LogP contribution in [0.15, 0.2) is 12.1 Å². The van der Waals surface area contributed by atoms with Crippen molar-refractivity contribution in [3.63, 3.8) is 0 Å². The third kappa shape index (κ3) is 4.83. The Morgan fingerprint density at radius 3 is 2.45 bits per heavy atom. The maximum atomic E-state index is 11.3. The summed E-state index contributed by atoms with van der Waals surface area (Å²) in [5.74, 6) is -0.865. The summed E-state index contributed by atoms with van der Waals surface area (Å²) in [5.41, 5.74) is 0.218.